The van der Waals surface area contributed by atoms with Crippen molar-refractivity contribution < 1.29 is 24.2 Å². The zero-order chi connectivity index (χ0) is 18.1. The maximum Gasteiger partial charge on any atom is 0.305 e. The summed E-state index contributed by atoms with van der Waals surface area (Å²) in [6.07, 6.45) is 1.53. The summed E-state index contributed by atoms with van der Waals surface area (Å²) < 4.78 is 10.7. The number of nitrogens with zero attached hydrogens (tertiary/aromatic N) is 2. The highest BCUT2D eigenvalue weighted by Crippen LogP contribution is 2.37. The fourth-order valence-electron chi connectivity index (χ4n) is 2.97. The van der Waals surface area contributed by atoms with E-state index in [0.29, 0.717) is 33.7 Å². The third-order valence-electron chi connectivity index (χ3n) is 4.23. The molecule has 3 heterocycles. The third kappa shape index (κ3) is 3.36. The largest absolute Gasteiger partial charge is 0.481 e. The molecule has 1 N–H and O–H groups in total. The van der Waals surface area contributed by atoms with Crippen LogP contribution in [0.1, 0.15) is 16.1 Å². The van der Waals surface area contributed by atoms with Crippen LogP contribution in [0, 0.1) is 0 Å². The Bertz CT molecular complexity index is 853. The number of hydrogen-bond donors (Lipinski definition) is 1. The molecule has 0 spiro atoms. The predicted molar refractivity (Wildman–Crippen MR) is 98.1 cm³/mol. The molecule has 1 atom stereocenters. The molecule has 1 aromatic carbocycles. The van der Waals surface area contributed by atoms with Gasteiger partial charge in [-0.05, 0) is 18.2 Å². The summed E-state index contributed by atoms with van der Waals surface area (Å²) in [7, 11) is 0. The van der Waals surface area contributed by atoms with Gasteiger partial charge in [-0.2, -0.15) is 11.8 Å². The van der Waals surface area contributed by atoms with Crippen LogP contribution in [0.25, 0.3) is 10.6 Å². The first kappa shape index (κ1) is 17.2. The van der Waals surface area contributed by atoms with Gasteiger partial charge in [0.1, 0.15) is 9.88 Å². The molecule has 2 aliphatic rings. The van der Waals surface area contributed by atoms with E-state index in [1.165, 1.54) is 11.3 Å². The number of thioether (sulfide) groups is 1. The lowest BCUT2D eigenvalue weighted by atomic mass is 10.2. The molecule has 2 aliphatic heterocycles. The Morgan fingerprint density at radius 3 is 3.00 bits per heavy atom. The molecule has 0 saturated carbocycles. The number of carbonyl (C=O) groups excluding carboxylic acids is 1. The van der Waals surface area contributed by atoms with E-state index in [-0.39, 0.29) is 25.2 Å². The second kappa shape index (κ2) is 7.16. The van der Waals surface area contributed by atoms with E-state index < -0.39 is 5.97 Å². The fourth-order valence-corrected chi connectivity index (χ4v) is 4.90. The van der Waals surface area contributed by atoms with Crippen LogP contribution in [0.4, 0.5) is 0 Å². The number of aromatic nitrogens is 1. The number of carbonyl (C=O) groups is 2. The topological polar surface area (TPSA) is 89.0 Å². The molecule has 7 nitrogen and oxygen atoms in total. The molecule has 9 heteroatoms. The van der Waals surface area contributed by atoms with Gasteiger partial charge >= 0.3 is 5.97 Å². The first-order chi connectivity index (χ1) is 12.6. The van der Waals surface area contributed by atoms with Crippen molar-refractivity contribution in [1.29, 1.82) is 0 Å². The van der Waals surface area contributed by atoms with E-state index in [0.717, 1.165) is 11.3 Å². The first-order valence-corrected chi connectivity index (χ1v) is 10.1. The van der Waals surface area contributed by atoms with Crippen molar-refractivity contribution in [3.8, 4) is 22.1 Å². The molecular formula is C17H16N2O5S2. The molecular weight excluding hydrogens is 376 g/mol. The third-order valence-corrected chi connectivity index (χ3v) is 6.36. The second-order valence-corrected chi connectivity index (χ2v) is 8.10. The van der Waals surface area contributed by atoms with Gasteiger partial charge in [0.15, 0.2) is 11.5 Å². The first-order valence-electron chi connectivity index (χ1n) is 8.08. The summed E-state index contributed by atoms with van der Waals surface area (Å²) in [4.78, 5) is 30.5. The minimum atomic E-state index is -0.888. The van der Waals surface area contributed by atoms with E-state index in [2.05, 4.69) is 4.98 Å². The molecule has 1 unspecified atom stereocenters. The van der Waals surface area contributed by atoms with Crippen LogP contribution in [0.15, 0.2) is 24.4 Å². The van der Waals surface area contributed by atoms with Crippen molar-refractivity contribution in [2.75, 3.05) is 24.8 Å². The molecule has 1 saturated heterocycles. The number of aliphatic carboxylic acids is 1. The molecule has 2 aromatic rings. The molecule has 1 amide bonds. The van der Waals surface area contributed by atoms with Crippen LogP contribution in [0.5, 0.6) is 11.5 Å². The quantitative estimate of drug-likeness (QED) is 0.855. The Balaban J connectivity index is 1.55. The maximum atomic E-state index is 12.9. The summed E-state index contributed by atoms with van der Waals surface area (Å²) >= 11 is 2.98. The molecule has 0 radical (unpaired) electrons. The summed E-state index contributed by atoms with van der Waals surface area (Å²) in [5.41, 5.74) is 0.856. The van der Waals surface area contributed by atoms with Crippen LogP contribution >= 0.6 is 23.1 Å². The number of carboxylic acids is 1. The summed E-state index contributed by atoms with van der Waals surface area (Å²) in [6, 6.07) is 5.27. The van der Waals surface area contributed by atoms with Gasteiger partial charge in [0.05, 0.1) is 18.7 Å². The lowest BCUT2D eigenvalue weighted by Gasteiger charge is -2.34. The number of ether oxygens (including phenoxy) is 2. The van der Waals surface area contributed by atoms with Crippen molar-refractivity contribution >= 4 is 35.0 Å². The highest BCUT2D eigenvalue weighted by molar-refractivity contribution is 7.99. The molecule has 4 rings (SSSR count). The van der Waals surface area contributed by atoms with Crippen LogP contribution in [0.3, 0.4) is 0 Å². The number of thiazole rings is 1. The van der Waals surface area contributed by atoms with E-state index in [1.54, 1.807) is 22.9 Å². The predicted octanol–water partition coefficient (Wildman–Crippen LogP) is 2.57. The highest BCUT2D eigenvalue weighted by Gasteiger charge is 2.30. The fraction of sp³-hybridized carbons (Fsp3) is 0.353. The summed E-state index contributed by atoms with van der Waals surface area (Å²) in [6.45, 7) is 0.761. The van der Waals surface area contributed by atoms with Gasteiger partial charge in [-0.3, -0.25) is 9.59 Å². The van der Waals surface area contributed by atoms with E-state index >= 15 is 0 Å². The van der Waals surface area contributed by atoms with Crippen molar-refractivity contribution in [2.45, 2.75) is 12.5 Å². The molecule has 0 bridgehead atoms. The average Bonchev–Trinajstić information content (AvgIpc) is 3.30. The van der Waals surface area contributed by atoms with E-state index in [9.17, 15) is 9.59 Å². The zero-order valence-corrected chi connectivity index (χ0v) is 15.3. The van der Waals surface area contributed by atoms with Gasteiger partial charge in [-0.15, -0.1) is 11.3 Å². The van der Waals surface area contributed by atoms with Gasteiger partial charge in [0.25, 0.3) is 5.91 Å². The van der Waals surface area contributed by atoms with Crippen LogP contribution < -0.4 is 9.47 Å². The summed E-state index contributed by atoms with van der Waals surface area (Å²) in [5.74, 6) is 1.78. The van der Waals surface area contributed by atoms with Gasteiger partial charge in [-0.25, -0.2) is 4.98 Å². The van der Waals surface area contributed by atoms with Crippen molar-refractivity contribution in [2.24, 2.45) is 0 Å². The van der Waals surface area contributed by atoms with Crippen LogP contribution in [-0.4, -0.2) is 57.8 Å². The molecule has 1 aromatic heterocycles. The molecule has 136 valence electrons. The zero-order valence-electron chi connectivity index (χ0n) is 13.7. The van der Waals surface area contributed by atoms with Crippen molar-refractivity contribution in [3.63, 3.8) is 0 Å². The molecule has 26 heavy (non-hydrogen) atoms. The average molecular weight is 392 g/mol. The van der Waals surface area contributed by atoms with Crippen LogP contribution in [0.2, 0.25) is 0 Å². The Morgan fingerprint density at radius 2 is 2.15 bits per heavy atom. The molecule has 1 fully saturated rings. The lowest BCUT2D eigenvalue weighted by Crippen LogP contribution is -2.46. The molecule has 0 aliphatic carbocycles. The second-order valence-electron chi connectivity index (χ2n) is 5.92. The number of amides is 1. The van der Waals surface area contributed by atoms with Gasteiger partial charge in [0.2, 0.25) is 6.79 Å². The number of fused-ring (bicyclic) bond motifs is 1. The Labute approximate surface area is 157 Å². The minimum Gasteiger partial charge on any atom is -0.481 e. The van der Waals surface area contributed by atoms with Gasteiger partial charge in [-0.1, -0.05) is 0 Å². The van der Waals surface area contributed by atoms with Gasteiger partial charge in [0, 0.05) is 23.6 Å². The standard InChI is InChI=1S/C17H16N2O5S2/c20-15(21)6-11-8-25-4-3-19(11)17(22)14-7-18-16(26-14)10-1-2-12-13(5-10)24-9-23-12/h1-2,5,7,11H,3-4,6,8-9H2,(H,20,21). The number of rotatable bonds is 4. The normalized spacial score (nSPS) is 18.8. The maximum absolute atomic E-state index is 12.9. The Kier molecular flexibility index (Phi) is 4.73. The summed E-state index contributed by atoms with van der Waals surface area (Å²) in [5, 5.41) is 9.80. The minimum absolute atomic E-state index is 0.0352. The van der Waals surface area contributed by atoms with Crippen LogP contribution in [-0.2, 0) is 4.79 Å². The Morgan fingerprint density at radius 1 is 1.31 bits per heavy atom. The Hall–Kier alpha value is -2.26. The smallest absolute Gasteiger partial charge is 0.305 e. The number of hydrogen-bond acceptors (Lipinski definition) is 7. The lowest BCUT2D eigenvalue weighted by molar-refractivity contribution is -0.138. The number of benzene rings is 1. The van der Waals surface area contributed by atoms with Gasteiger partial charge < -0.3 is 19.5 Å². The monoisotopic (exact) mass is 392 g/mol. The number of carboxylic acid groups (broad SMARTS) is 1. The SMILES string of the molecule is O=C(O)CC1CSCCN1C(=O)c1cnc(-c2ccc3c(c2)OCO3)s1. The van der Waals surface area contributed by atoms with E-state index in [1.807, 2.05) is 18.2 Å². The van der Waals surface area contributed by atoms with E-state index in [4.69, 9.17) is 14.6 Å². The highest BCUT2D eigenvalue weighted by atomic mass is 32.2. The van der Waals surface area contributed by atoms with Crippen molar-refractivity contribution in [1.82, 2.24) is 9.88 Å². The van der Waals surface area contributed by atoms with Crippen molar-refractivity contribution in [3.05, 3.63) is 29.3 Å².